The summed E-state index contributed by atoms with van der Waals surface area (Å²) in [6.07, 6.45) is 1.74. The van der Waals surface area contributed by atoms with E-state index in [0.29, 0.717) is 5.92 Å². The maximum Gasteiger partial charge on any atom is 0.133 e. The lowest BCUT2D eigenvalue weighted by atomic mass is 9.93. The van der Waals surface area contributed by atoms with Crippen molar-refractivity contribution in [1.82, 2.24) is 0 Å². The van der Waals surface area contributed by atoms with Crippen LogP contribution in [0.1, 0.15) is 24.0 Å². The third-order valence-corrected chi connectivity index (χ3v) is 3.28. The van der Waals surface area contributed by atoms with Gasteiger partial charge < -0.3 is 4.42 Å². The Kier molecular flexibility index (Phi) is 2.45. The lowest BCUT2D eigenvalue weighted by Crippen LogP contribution is -1.94. The summed E-state index contributed by atoms with van der Waals surface area (Å²) in [4.78, 5) is 0. The van der Waals surface area contributed by atoms with Crippen molar-refractivity contribution in [2.75, 3.05) is 0 Å². The molecular weight excluding hydrogens is 208 g/mol. The second-order valence-corrected chi connectivity index (χ2v) is 4.35. The second-order valence-electron chi connectivity index (χ2n) is 4.35. The first-order valence-electron chi connectivity index (χ1n) is 5.87. The van der Waals surface area contributed by atoms with Crippen LogP contribution in [0.25, 0.3) is 11.0 Å². The smallest absolute Gasteiger partial charge is 0.133 e. The molecule has 0 N–H and O–H groups in total. The molecule has 0 aliphatic rings. The minimum Gasteiger partial charge on any atom is -0.464 e. The van der Waals surface area contributed by atoms with E-state index in [-0.39, 0.29) is 0 Å². The summed E-state index contributed by atoms with van der Waals surface area (Å²) in [6.45, 7) is 2.23. The first-order chi connectivity index (χ1) is 8.34. The van der Waals surface area contributed by atoms with Crippen LogP contribution >= 0.6 is 0 Å². The topological polar surface area (TPSA) is 13.1 Å². The normalized spacial score (nSPS) is 12.8. The summed E-state index contributed by atoms with van der Waals surface area (Å²) in [5, 5.41) is 1.17. The highest BCUT2D eigenvalue weighted by molar-refractivity contribution is 5.78. The molecule has 3 aromatic rings. The Balaban J connectivity index is 2.03. The highest BCUT2D eigenvalue weighted by Crippen LogP contribution is 2.27. The zero-order chi connectivity index (χ0) is 11.7. The number of hydrogen-bond donors (Lipinski definition) is 0. The van der Waals surface area contributed by atoms with E-state index in [0.717, 1.165) is 5.58 Å². The van der Waals surface area contributed by atoms with Gasteiger partial charge in [0, 0.05) is 11.3 Å². The van der Waals surface area contributed by atoms with E-state index in [4.69, 9.17) is 4.42 Å². The maximum absolute atomic E-state index is 5.36. The Morgan fingerprint density at radius 2 is 1.71 bits per heavy atom. The minimum atomic E-state index is 0.412. The molecule has 0 aliphatic heterocycles. The predicted octanol–water partition coefficient (Wildman–Crippen LogP) is 4.58. The molecular formula is C16H14O. The maximum atomic E-state index is 5.36. The van der Waals surface area contributed by atoms with Gasteiger partial charge in [0.2, 0.25) is 0 Å². The molecule has 0 aliphatic carbocycles. The molecule has 84 valence electrons. The zero-order valence-electron chi connectivity index (χ0n) is 9.76. The molecule has 0 bridgehead atoms. The van der Waals surface area contributed by atoms with E-state index < -0.39 is 0 Å². The van der Waals surface area contributed by atoms with Gasteiger partial charge in [0.05, 0.1) is 6.26 Å². The van der Waals surface area contributed by atoms with E-state index in [2.05, 4.69) is 49.4 Å². The summed E-state index contributed by atoms with van der Waals surface area (Å²) in [5.74, 6) is 0.412. The molecule has 0 fully saturated rings. The number of furan rings is 1. The number of fused-ring (bicyclic) bond motifs is 1. The van der Waals surface area contributed by atoms with Crippen molar-refractivity contribution in [2.24, 2.45) is 0 Å². The second kappa shape index (κ2) is 4.10. The van der Waals surface area contributed by atoms with Crippen molar-refractivity contribution in [2.45, 2.75) is 12.8 Å². The van der Waals surface area contributed by atoms with Crippen molar-refractivity contribution in [3.8, 4) is 0 Å². The van der Waals surface area contributed by atoms with E-state index in [9.17, 15) is 0 Å². The molecule has 0 saturated carbocycles. The quantitative estimate of drug-likeness (QED) is 0.618. The fourth-order valence-electron chi connectivity index (χ4n) is 2.19. The van der Waals surface area contributed by atoms with Gasteiger partial charge in [0.15, 0.2) is 0 Å². The number of rotatable bonds is 2. The van der Waals surface area contributed by atoms with Gasteiger partial charge in [-0.25, -0.2) is 0 Å². The fourth-order valence-corrected chi connectivity index (χ4v) is 2.19. The van der Waals surface area contributed by atoms with Crippen LogP contribution in [0.15, 0.2) is 65.3 Å². The largest absolute Gasteiger partial charge is 0.464 e. The summed E-state index contributed by atoms with van der Waals surface area (Å²) >= 11 is 0. The average Bonchev–Trinajstić information content (AvgIpc) is 2.86. The van der Waals surface area contributed by atoms with Crippen LogP contribution in [0.4, 0.5) is 0 Å². The van der Waals surface area contributed by atoms with Crippen LogP contribution < -0.4 is 0 Å². The van der Waals surface area contributed by atoms with Crippen molar-refractivity contribution < 1.29 is 4.42 Å². The van der Waals surface area contributed by atoms with E-state index in [1.807, 2.05) is 12.1 Å². The van der Waals surface area contributed by atoms with Gasteiger partial charge in [-0.15, -0.1) is 0 Å². The average molecular weight is 222 g/mol. The third kappa shape index (κ3) is 1.84. The van der Waals surface area contributed by atoms with Crippen LogP contribution in [0, 0.1) is 0 Å². The Morgan fingerprint density at radius 1 is 0.882 bits per heavy atom. The fraction of sp³-hybridized carbons (Fsp3) is 0.125. The molecule has 0 radical (unpaired) electrons. The first kappa shape index (κ1) is 10.2. The van der Waals surface area contributed by atoms with E-state index in [1.54, 1.807) is 6.26 Å². The van der Waals surface area contributed by atoms with E-state index >= 15 is 0 Å². The predicted molar refractivity (Wildman–Crippen MR) is 70.2 cm³/mol. The molecule has 0 saturated heterocycles. The summed E-state index contributed by atoms with van der Waals surface area (Å²) in [7, 11) is 0. The van der Waals surface area contributed by atoms with Crippen molar-refractivity contribution >= 4 is 11.0 Å². The summed E-state index contributed by atoms with van der Waals surface area (Å²) in [6, 6.07) is 19.0. The van der Waals surface area contributed by atoms with Crippen LogP contribution in [0.3, 0.4) is 0 Å². The Morgan fingerprint density at radius 3 is 2.53 bits per heavy atom. The summed E-state index contributed by atoms with van der Waals surface area (Å²) < 4.78 is 5.36. The molecule has 1 unspecified atom stereocenters. The Bertz CT molecular complexity index is 622. The van der Waals surface area contributed by atoms with Crippen LogP contribution in [-0.4, -0.2) is 0 Å². The lowest BCUT2D eigenvalue weighted by Gasteiger charge is -2.12. The molecule has 1 aromatic heterocycles. The zero-order valence-corrected chi connectivity index (χ0v) is 9.76. The van der Waals surface area contributed by atoms with Gasteiger partial charge in [0.25, 0.3) is 0 Å². The standard InChI is InChI=1S/C16H14O/c1-12(13-5-3-2-4-6-13)14-7-8-16-15(11-14)9-10-17-16/h2-12H,1H3. The molecule has 0 amide bonds. The number of hydrogen-bond acceptors (Lipinski definition) is 1. The van der Waals surface area contributed by atoms with Gasteiger partial charge >= 0.3 is 0 Å². The first-order valence-corrected chi connectivity index (χ1v) is 5.87. The molecule has 3 rings (SSSR count). The van der Waals surface area contributed by atoms with Crippen LogP contribution in [0.2, 0.25) is 0 Å². The molecule has 1 heteroatoms. The Hall–Kier alpha value is -2.02. The SMILES string of the molecule is CC(c1ccccc1)c1ccc2occc2c1. The lowest BCUT2D eigenvalue weighted by molar-refractivity contribution is 0.615. The van der Waals surface area contributed by atoms with Crippen LogP contribution in [-0.2, 0) is 0 Å². The van der Waals surface area contributed by atoms with Gasteiger partial charge in [-0.2, -0.15) is 0 Å². The minimum absolute atomic E-state index is 0.412. The van der Waals surface area contributed by atoms with Gasteiger partial charge in [-0.1, -0.05) is 43.3 Å². The molecule has 2 aromatic carbocycles. The van der Waals surface area contributed by atoms with Crippen molar-refractivity contribution in [1.29, 1.82) is 0 Å². The van der Waals surface area contributed by atoms with Gasteiger partial charge in [0.1, 0.15) is 5.58 Å². The van der Waals surface area contributed by atoms with Gasteiger partial charge in [-0.05, 0) is 29.3 Å². The van der Waals surface area contributed by atoms with Crippen molar-refractivity contribution in [3.05, 3.63) is 72.0 Å². The molecule has 0 spiro atoms. The Labute approximate surface area is 101 Å². The van der Waals surface area contributed by atoms with E-state index in [1.165, 1.54) is 16.5 Å². The molecule has 1 heterocycles. The van der Waals surface area contributed by atoms with Crippen LogP contribution in [0.5, 0.6) is 0 Å². The number of benzene rings is 2. The summed E-state index contributed by atoms with van der Waals surface area (Å²) in [5.41, 5.74) is 3.62. The van der Waals surface area contributed by atoms with Gasteiger partial charge in [-0.3, -0.25) is 0 Å². The van der Waals surface area contributed by atoms with Crippen molar-refractivity contribution in [3.63, 3.8) is 0 Å². The highest BCUT2D eigenvalue weighted by Gasteiger charge is 2.08. The third-order valence-electron chi connectivity index (χ3n) is 3.28. The molecule has 17 heavy (non-hydrogen) atoms. The highest BCUT2D eigenvalue weighted by atomic mass is 16.3. The molecule has 1 nitrogen and oxygen atoms in total. The monoisotopic (exact) mass is 222 g/mol. The molecule has 1 atom stereocenters.